The first kappa shape index (κ1) is 18.4. The highest BCUT2D eigenvalue weighted by molar-refractivity contribution is 8.00. The Morgan fingerprint density at radius 1 is 1.08 bits per heavy atom. The van der Waals surface area contributed by atoms with E-state index < -0.39 is 0 Å². The lowest BCUT2D eigenvalue weighted by atomic mass is 10.1. The minimum absolute atomic E-state index is 0.0149. The predicted octanol–water partition coefficient (Wildman–Crippen LogP) is 3.64. The standard InChI is InChI=1S/C19H23NO3S/c1-3-23-17-8-10-18(11-9-17)24-14-19(21)20-12-15-6-4-5-7-16(15)13-22-2/h4-11H,3,12-14H2,1-2H3,(H,20,21). The van der Waals surface area contributed by atoms with Crippen molar-refractivity contribution in [1.29, 1.82) is 0 Å². The van der Waals surface area contributed by atoms with Crippen LogP contribution in [0.3, 0.4) is 0 Å². The molecule has 0 aromatic heterocycles. The summed E-state index contributed by atoms with van der Waals surface area (Å²) in [7, 11) is 1.67. The number of benzene rings is 2. The summed E-state index contributed by atoms with van der Waals surface area (Å²) in [6, 6.07) is 15.7. The van der Waals surface area contributed by atoms with Gasteiger partial charge in [0.05, 0.1) is 19.0 Å². The van der Waals surface area contributed by atoms with Crippen LogP contribution in [0.5, 0.6) is 5.75 Å². The van der Waals surface area contributed by atoms with E-state index in [4.69, 9.17) is 9.47 Å². The van der Waals surface area contributed by atoms with Crippen LogP contribution in [-0.4, -0.2) is 25.4 Å². The predicted molar refractivity (Wildman–Crippen MR) is 97.3 cm³/mol. The maximum atomic E-state index is 12.0. The van der Waals surface area contributed by atoms with Gasteiger partial charge in [-0.1, -0.05) is 24.3 Å². The fourth-order valence-corrected chi connectivity index (χ4v) is 2.95. The average Bonchev–Trinajstić information content (AvgIpc) is 2.61. The number of amides is 1. The van der Waals surface area contributed by atoms with Crippen molar-refractivity contribution in [3.8, 4) is 5.75 Å². The van der Waals surface area contributed by atoms with Crippen LogP contribution in [0.15, 0.2) is 53.4 Å². The van der Waals surface area contributed by atoms with Gasteiger partial charge in [0, 0.05) is 18.6 Å². The summed E-state index contributed by atoms with van der Waals surface area (Å²) in [4.78, 5) is 13.1. The maximum absolute atomic E-state index is 12.0. The zero-order chi connectivity index (χ0) is 17.2. The summed E-state index contributed by atoms with van der Waals surface area (Å²) in [5.41, 5.74) is 2.18. The van der Waals surface area contributed by atoms with Crippen LogP contribution in [0.25, 0.3) is 0 Å². The van der Waals surface area contributed by atoms with Crippen LogP contribution >= 0.6 is 11.8 Å². The van der Waals surface area contributed by atoms with E-state index in [1.54, 1.807) is 7.11 Å². The zero-order valence-corrected chi connectivity index (χ0v) is 14.9. The molecular formula is C19H23NO3S. The van der Waals surface area contributed by atoms with Gasteiger partial charge in [-0.2, -0.15) is 0 Å². The fraction of sp³-hybridized carbons (Fsp3) is 0.316. The molecule has 0 saturated heterocycles. The maximum Gasteiger partial charge on any atom is 0.230 e. The molecule has 1 amide bonds. The summed E-state index contributed by atoms with van der Waals surface area (Å²) in [5.74, 6) is 1.25. The third-order valence-electron chi connectivity index (χ3n) is 3.40. The van der Waals surface area contributed by atoms with Gasteiger partial charge >= 0.3 is 0 Å². The summed E-state index contributed by atoms with van der Waals surface area (Å²) < 4.78 is 10.6. The molecule has 5 heteroatoms. The Hall–Kier alpha value is -1.98. The van der Waals surface area contributed by atoms with Gasteiger partial charge in [0.25, 0.3) is 0 Å². The van der Waals surface area contributed by atoms with E-state index in [-0.39, 0.29) is 5.91 Å². The number of nitrogens with one attached hydrogen (secondary N) is 1. The van der Waals surface area contributed by atoms with Crippen LogP contribution in [0, 0.1) is 0 Å². The molecule has 0 heterocycles. The normalized spacial score (nSPS) is 10.4. The lowest BCUT2D eigenvalue weighted by Gasteiger charge is -2.10. The number of thioether (sulfide) groups is 1. The van der Waals surface area contributed by atoms with Crippen molar-refractivity contribution < 1.29 is 14.3 Å². The number of carbonyl (C=O) groups excluding carboxylic acids is 1. The van der Waals surface area contributed by atoms with Gasteiger partial charge in [0.15, 0.2) is 0 Å². The first-order valence-electron chi connectivity index (χ1n) is 7.91. The van der Waals surface area contributed by atoms with Crippen molar-refractivity contribution >= 4 is 17.7 Å². The van der Waals surface area contributed by atoms with Crippen LogP contribution in [0.1, 0.15) is 18.1 Å². The smallest absolute Gasteiger partial charge is 0.230 e. The fourth-order valence-electron chi connectivity index (χ4n) is 2.22. The molecule has 0 aliphatic heterocycles. The second-order valence-corrected chi connectivity index (χ2v) is 6.22. The first-order valence-corrected chi connectivity index (χ1v) is 8.89. The number of ether oxygens (including phenoxy) is 2. The Morgan fingerprint density at radius 3 is 2.46 bits per heavy atom. The molecule has 0 atom stereocenters. The van der Waals surface area contributed by atoms with Crippen LogP contribution in [0.4, 0.5) is 0 Å². The third kappa shape index (κ3) is 5.91. The molecular weight excluding hydrogens is 322 g/mol. The quantitative estimate of drug-likeness (QED) is 0.705. The summed E-state index contributed by atoms with van der Waals surface area (Å²) in [6.07, 6.45) is 0. The monoisotopic (exact) mass is 345 g/mol. The Kier molecular flexibility index (Phi) is 7.65. The van der Waals surface area contributed by atoms with Gasteiger partial charge < -0.3 is 14.8 Å². The van der Waals surface area contributed by atoms with Gasteiger partial charge in [-0.3, -0.25) is 4.79 Å². The molecule has 0 radical (unpaired) electrons. The molecule has 24 heavy (non-hydrogen) atoms. The van der Waals surface area contributed by atoms with E-state index in [9.17, 15) is 4.79 Å². The van der Waals surface area contributed by atoms with Crippen molar-refractivity contribution in [2.45, 2.75) is 25.0 Å². The first-order chi connectivity index (χ1) is 11.7. The summed E-state index contributed by atoms with van der Waals surface area (Å²) >= 11 is 1.51. The van der Waals surface area contributed by atoms with E-state index in [1.165, 1.54) is 11.8 Å². The van der Waals surface area contributed by atoms with E-state index >= 15 is 0 Å². The van der Waals surface area contributed by atoms with Gasteiger partial charge in [0.2, 0.25) is 5.91 Å². The largest absolute Gasteiger partial charge is 0.494 e. The van der Waals surface area contributed by atoms with Crippen LogP contribution in [0.2, 0.25) is 0 Å². The second kappa shape index (κ2) is 10.0. The van der Waals surface area contributed by atoms with E-state index in [1.807, 2.05) is 55.5 Å². The molecule has 0 spiro atoms. The Labute approximate surface area is 147 Å². The molecule has 0 unspecified atom stereocenters. The van der Waals surface area contributed by atoms with Crippen molar-refractivity contribution in [1.82, 2.24) is 5.32 Å². The highest BCUT2D eigenvalue weighted by Gasteiger charge is 2.06. The lowest BCUT2D eigenvalue weighted by Crippen LogP contribution is -2.25. The molecule has 128 valence electrons. The topological polar surface area (TPSA) is 47.6 Å². The van der Waals surface area contributed by atoms with E-state index in [0.29, 0.717) is 25.5 Å². The Bertz CT molecular complexity index is 643. The molecule has 1 N–H and O–H groups in total. The molecule has 0 aliphatic rings. The number of rotatable bonds is 9. The SMILES string of the molecule is CCOc1ccc(SCC(=O)NCc2ccccc2COC)cc1. The highest BCUT2D eigenvalue weighted by Crippen LogP contribution is 2.21. The molecule has 2 aromatic rings. The number of carbonyl (C=O) groups is 1. The van der Waals surface area contributed by atoms with Crippen molar-refractivity contribution in [2.75, 3.05) is 19.5 Å². The second-order valence-electron chi connectivity index (χ2n) is 5.17. The molecule has 2 aromatic carbocycles. The van der Waals surface area contributed by atoms with Crippen molar-refractivity contribution in [3.63, 3.8) is 0 Å². The minimum atomic E-state index is 0.0149. The third-order valence-corrected chi connectivity index (χ3v) is 4.41. The van der Waals surface area contributed by atoms with Gasteiger partial charge in [-0.15, -0.1) is 11.8 Å². The summed E-state index contributed by atoms with van der Waals surface area (Å²) in [5, 5.41) is 2.96. The zero-order valence-electron chi connectivity index (χ0n) is 14.1. The number of hydrogen-bond acceptors (Lipinski definition) is 4. The van der Waals surface area contributed by atoms with Gasteiger partial charge in [-0.05, 0) is 42.3 Å². The summed E-state index contributed by atoms with van der Waals surface area (Å²) in [6.45, 7) is 3.67. The van der Waals surface area contributed by atoms with Gasteiger partial charge in [0.1, 0.15) is 5.75 Å². The molecule has 2 rings (SSSR count). The number of methoxy groups -OCH3 is 1. The van der Waals surface area contributed by atoms with E-state index in [2.05, 4.69) is 5.32 Å². The number of hydrogen-bond donors (Lipinski definition) is 1. The van der Waals surface area contributed by atoms with Crippen LogP contribution < -0.4 is 10.1 Å². The van der Waals surface area contributed by atoms with Crippen LogP contribution in [-0.2, 0) is 22.7 Å². The molecule has 4 nitrogen and oxygen atoms in total. The average molecular weight is 345 g/mol. The Balaban J connectivity index is 1.79. The lowest BCUT2D eigenvalue weighted by molar-refractivity contribution is -0.118. The molecule has 0 bridgehead atoms. The molecule has 0 fully saturated rings. The van der Waals surface area contributed by atoms with E-state index in [0.717, 1.165) is 21.8 Å². The highest BCUT2D eigenvalue weighted by atomic mass is 32.2. The molecule has 0 saturated carbocycles. The Morgan fingerprint density at radius 2 is 1.79 bits per heavy atom. The minimum Gasteiger partial charge on any atom is -0.494 e. The van der Waals surface area contributed by atoms with Crippen molar-refractivity contribution in [2.24, 2.45) is 0 Å². The van der Waals surface area contributed by atoms with Gasteiger partial charge in [-0.25, -0.2) is 0 Å². The molecule has 0 aliphatic carbocycles. The van der Waals surface area contributed by atoms with Crippen molar-refractivity contribution in [3.05, 3.63) is 59.7 Å².